The van der Waals surface area contributed by atoms with Crippen LogP contribution in [0.15, 0.2) is 54.7 Å². The summed E-state index contributed by atoms with van der Waals surface area (Å²) in [5.41, 5.74) is 2.20. The number of benzene rings is 2. The fraction of sp³-hybridized carbons (Fsp3) is 0.261. The summed E-state index contributed by atoms with van der Waals surface area (Å²) in [4.78, 5) is 38.5. The van der Waals surface area contributed by atoms with E-state index in [1.807, 2.05) is 24.4 Å². The normalized spacial score (nSPS) is 16.0. The van der Waals surface area contributed by atoms with Gasteiger partial charge in [-0.15, -0.1) is 0 Å². The first-order valence-corrected chi connectivity index (χ1v) is 10.4. The average molecular weight is 440 g/mol. The van der Waals surface area contributed by atoms with Crippen molar-refractivity contribution in [3.8, 4) is 0 Å². The second-order valence-corrected chi connectivity index (χ2v) is 7.83. The first-order valence-electron chi connectivity index (χ1n) is 10.1. The SMILES string of the molecule is CCOC(=O)Cn1ccc2cc(NC(=O)[C@H]3CC(=O)N(c4cccc(Cl)c4)C3)ccc21. The number of halogens is 1. The van der Waals surface area contributed by atoms with Crippen molar-refractivity contribution in [1.82, 2.24) is 4.57 Å². The molecule has 1 aliphatic rings. The number of carbonyl (C=O) groups excluding carboxylic acids is 3. The van der Waals surface area contributed by atoms with Crippen molar-refractivity contribution in [2.24, 2.45) is 5.92 Å². The lowest BCUT2D eigenvalue weighted by atomic mass is 10.1. The van der Waals surface area contributed by atoms with Gasteiger partial charge in [0.15, 0.2) is 0 Å². The van der Waals surface area contributed by atoms with Gasteiger partial charge >= 0.3 is 5.97 Å². The molecule has 1 N–H and O–H groups in total. The molecule has 1 aromatic heterocycles. The van der Waals surface area contributed by atoms with Gasteiger partial charge in [0.05, 0.1) is 12.5 Å². The van der Waals surface area contributed by atoms with E-state index in [-0.39, 0.29) is 30.7 Å². The topological polar surface area (TPSA) is 80.6 Å². The zero-order valence-electron chi connectivity index (χ0n) is 17.0. The maximum Gasteiger partial charge on any atom is 0.325 e. The zero-order chi connectivity index (χ0) is 22.0. The van der Waals surface area contributed by atoms with Crippen LogP contribution in [-0.4, -0.2) is 35.5 Å². The number of hydrogen-bond acceptors (Lipinski definition) is 4. The number of amides is 2. The van der Waals surface area contributed by atoms with Crippen molar-refractivity contribution in [2.75, 3.05) is 23.4 Å². The van der Waals surface area contributed by atoms with Crippen LogP contribution in [-0.2, 0) is 25.7 Å². The number of fused-ring (bicyclic) bond motifs is 1. The fourth-order valence-corrected chi connectivity index (χ4v) is 3.97. The van der Waals surface area contributed by atoms with E-state index in [4.69, 9.17) is 16.3 Å². The number of esters is 1. The van der Waals surface area contributed by atoms with Crippen molar-refractivity contribution in [2.45, 2.75) is 19.9 Å². The van der Waals surface area contributed by atoms with Crippen LogP contribution < -0.4 is 10.2 Å². The first kappa shape index (κ1) is 20.9. The first-order chi connectivity index (χ1) is 14.9. The average Bonchev–Trinajstić information content (AvgIpc) is 3.31. The Bertz CT molecular complexity index is 1160. The van der Waals surface area contributed by atoms with E-state index in [1.165, 1.54) is 0 Å². The van der Waals surface area contributed by atoms with E-state index in [9.17, 15) is 14.4 Å². The monoisotopic (exact) mass is 439 g/mol. The maximum absolute atomic E-state index is 12.8. The molecule has 8 heteroatoms. The molecule has 0 spiro atoms. The van der Waals surface area contributed by atoms with E-state index in [1.54, 1.807) is 46.7 Å². The molecular formula is C23H22ClN3O4. The molecule has 1 atom stereocenters. The molecule has 2 heterocycles. The smallest absolute Gasteiger partial charge is 0.325 e. The number of nitrogens with zero attached hydrogens (tertiary/aromatic N) is 2. The van der Waals surface area contributed by atoms with Crippen LogP contribution in [0.2, 0.25) is 5.02 Å². The van der Waals surface area contributed by atoms with Crippen LogP contribution in [0.3, 0.4) is 0 Å². The Kier molecular flexibility index (Phi) is 5.95. The van der Waals surface area contributed by atoms with Crippen LogP contribution in [0.4, 0.5) is 11.4 Å². The summed E-state index contributed by atoms with van der Waals surface area (Å²) in [5.74, 6) is -1.06. The second-order valence-electron chi connectivity index (χ2n) is 7.40. The van der Waals surface area contributed by atoms with Crippen LogP contribution in [0, 0.1) is 5.92 Å². The van der Waals surface area contributed by atoms with Crippen molar-refractivity contribution in [1.29, 1.82) is 0 Å². The van der Waals surface area contributed by atoms with E-state index >= 15 is 0 Å². The van der Waals surface area contributed by atoms with Gasteiger partial charge in [0.2, 0.25) is 11.8 Å². The molecule has 160 valence electrons. The van der Waals surface area contributed by atoms with Gasteiger partial charge in [0.25, 0.3) is 0 Å². The third-order valence-corrected chi connectivity index (χ3v) is 5.49. The number of anilines is 2. The van der Waals surface area contributed by atoms with Crippen molar-refractivity contribution >= 4 is 51.7 Å². The summed E-state index contributed by atoms with van der Waals surface area (Å²) < 4.78 is 6.80. The van der Waals surface area contributed by atoms with E-state index in [2.05, 4.69) is 5.32 Å². The van der Waals surface area contributed by atoms with Gasteiger partial charge in [-0.3, -0.25) is 14.4 Å². The largest absolute Gasteiger partial charge is 0.465 e. The molecule has 1 fully saturated rings. The molecular weight excluding hydrogens is 418 g/mol. The van der Waals surface area contributed by atoms with Crippen LogP contribution in [0.25, 0.3) is 10.9 Å². The molecule has 0 radical (unpaired) electrons. The standard InChI is InChI=1S/C23H22ClN3O4/c1-2-31-22(29)14-26-9-8-15-10-18(6-7-20(15)26)25-23(30)16-11-21(28)27(13-16)19-5-3-4-17(24)12-19/h3-10,12,16H,2,11,13-14H2,1H3,(H,25,30)/t16-/m0/s1. The van der Waals surface area contributed by atoms with Gasteiger partial charge in [-0.1, -0.05) is 17.7 Å². The van der Waals surface area contributed by atoms with Gasteiger partial charge in [0, 0.05) is 46.5 Å². The highest BCUT2D eigenvalue weighted by Gasteiger charge is 2.35. The number of carbonyl (C=O) groups is 3. The van der Waals surface area contributed by atoms with Crippen molar-refractivity contribution < 1.29 is 19.1 Å². The summed E-state index contributed by atoms with van der Waals surface area (Å²) in [6.45, 7) is 2.55. The molecule has 2 aromatic carbocycles. The Morgan fingerprint density at radius 3 is 2.81 bits per heavy atom. The van der Waals surface area contributed by atoms with Gasteiger partial charge in [-0.05, 0) is 49.4 Å². The third-order valence-electron chi connectivity index (χ3n) is 5.26. The molecule has 0 saturated carbocycles. The van der Waals surface area contributed by atoms with Crippen molar-refractivity contribution in [3.05, 3.63) is 59.8 Å². The molecule has 7 nitrogen and oxygen atoms in total. The van der Waals surface area contributed by atoms with Crippen LogP contribution in [0.1, 0.15) is 13.3 Å². The quantitative estimate of drug-likeness (QED) is 0.591. The highest BCUT2D eigenvalue weighted by molar-refractivity contribution is 6.31. The van der Waals surface area contributed by atoms with E-state index in [0.29, 0.717) is 29.5 Å². The number of rotatable bonds is 6. The van der Waals surface area contributed by atoms with Gasteiger partial charge in [-0.2, -0.15) is 0 Å². The third kappa shape index (κ3) is 4.56. The molecule has 0 unspecified atom stereocenters. The number of nitrogens with one attached hydrogen (secondary N) is 1. The Labute approximate surface area is 184 Å². The molecule has 1 saturated heterocycles. The predicted molar refractivity (Wildman–Crippen MR) is 119 cm³/mol. The summed E-state index contributed by atoms with van der Waals surface area (Å²) in [6, 6.07) is 14.4. The molecule has 2 amide bonds. The second kappa shape index (κ2) is 8.81. The summed E-state index contributed by atoms with van der Waals surface area (Å²) >= 11 is 6.03. The molecule has 4 rings (SSSR count). The van der Waals surface area contributed by atoms with Gasteiger partial charge in [-0.25, -0.2) is 0 Å². The van der Waals surface area contributed by atoms with Crippen LogP contribution >= 0.6 is 11.6 Å². The number of ether oxygens (including phenoxy) is 1. The molecule has 0 bridgehead atoms. The van der Waals surface area contributed by atoms with Crippen LogP contribution in [0.5, 0.6) is 0 Å². The van der Waals surface area contributed by atoms with E-state index < -0.39 is 5.92 Å². The molecule has 0 aliphatic carbocycles. The zero-order valence-corrected chi connectivity index (χ0v) is 17.8. The lowest BCUT2D eigenvalue weighted by Crippen LogP contribution is -2.28. The molecule has 1 aliphatic heterocycles. The number of hydrogen-bond donors (Lipinski definition) is 1. The Balaban J connectivity index is 1.44. The Morgan fingerprint density at radius 1 is 1.19 bits per heavy atom. The van der Waals surface area contributed by atoms with Gasteiger partial charge in [0.1, 0.15) is 6.54 Å². The predicted octanol–water partition coefficient (Wildman–Crippen LogP) is 3.85. The van der Waals surface area contributed by atoms with Crippen molar-refractivity contribution in [3.63, 3.8) is 0 Å². The highest BCUT2D eigenvalue weighted by Crippen LogP contribution is 2.28. The molecule has 3 aromatic rings. The van der Waals surface area contributed by atoms with Gasteiger partial charge < -0.3 is 19.5 Å². The minimum absolute atomic E-state index is 0.103. The lowest BCUT2D eigenvalue weighted by molar-refractivity contribution is -0.143. The Morgan fingerprint density at radius 2 is 2.03 bits per heavy atom. The minimum atomic E-state index is -0.449. The molecule has 31 heavy (non-hydrogen) atoms. The lowest BCUT2D eigenvalue weighted by Gasteiger charge is -2.17. The van der Waals surface area contributed by atoms with E-state index in [0.717, 1.165) is 10.9 Å². The number of aromatic nitrogens is 1. The minimum Gasteiger partial charge on any atom is -0.465 e. The fourth-order valence-electron chi connectivity index (χ4n) is 3.78. The maximum atomic E-state index is 12.8. The summed E-state index contributed by atoms with van der Waals surface area (Å²) in [7, 11) is 0. The summed E-state index contributed by atoms with van der Waals surface area (Å²) in [6.07, 6.45) is 1.96. The Hall–Kier alpha value is -3.32. The summed E-state index contributed by atoms with van der Waals surface area (Å²) in [5, 5.41) is 4.34. The highest BCUT2D eigenvalue weighted by atomic mass is 35.5.